The van der Waals surface area contributed by atoms with E-state index in [1.165, 1.54) is 13.2 Å². The van der Waals surface area contributed by atoms with Gasteiger partial charge in [0, 0.05) is 83.9 Å². The third-order valence-corrected chi connectivity index (χ3v) is 7.66. The second kappa shape index (κ2) is 11.5. The van der Waals surface area contributed by atoms with Gasteiger partial charge in [-0.25, -0.2) is 4.79 Å². The van der Waals surface area contributed by atoms with Crippen molar-refractivity contribution in [2.24, 2.45) is 0 Å². The summed E-state index contributed by atoms with van der Waals surface area (Å²) >= 11 is 0. The summed E-state index contributed by atoms with van der Waals surface area (Å²) < 4.78 is 5.48. The van der Waals surface area contributed by atoms with Gasteiger partial charge < -0.3 is 39.5 Å². The number of hydrogen-bond donors (Lipinski definition) is 2. The molecule has 0 saturated carbocycles. The number of fused-ring (bicyclic) bond motifs is 1. The predicted molar refractivity (Wildman–Crippen MR) is 158 cm³/mol. The Morgan fingerprint density at radius 1 is 0.900 bits per heavy atom. The van der Waals surface area contributed by atoms with Gasteiger partial charge in [0.05, 0.1) is 23.7 Å². The molecule has 0 radical (unpaired) electrons. The second-order valence-corrected chi connectivity index (χ2v) is 10.5. The lowest BCUT2D eigenvalue weighted by atomic mass is 10.1. The van der Waals surface area contributed by atoms with E-state index in [4.69, 9.17) is 4.74 Å². The Morgan fingerprint density at radius 2 is 1.55 bits per heavy atom. The zero-order valence-corrected chi connectivity index (χ0v) is 23.6. The van der Waals surface area contributed by atoms with E-state index in [1.54, 1.807) is 19.0 Å². The molecule has 2 aromatic carbocycles. The summed E-state index contributed by atoms with van der Waals surface area (Å²) in [5, 5.41) is 3.35. The zero-order chi connectivity index (χ0) is 28.4. The van der Waals surface area contributed by atoms with E-state index in [1.807, 2.05) is 41.3 Å². The highest BCUT2D eigenvalue weighted by atomic mass is 16.5. The molecule has 212 valence electrons. The van der Waals surface area contributed by atoms with Gasteiger partial charge in [0.15, 0.2) is 5.43 Å². The normalized spacial score (nSPS) is 16.2. The first-order valence-corrected chi connectivity index (χ1v) is 13.6. The standard InChI is InChI=1S/C29H37N7O4/c1-32(2)29(39)36-17-15-34(16-18-36)21-7-5-20(6-8-21)30-28(38)22-19-24(37)26-25(40-4)10-9-23(27(26)31-22)35-13-11-33(3)12-14-35/h5-10,19H,11-18H2,1-4H3,(H,30,38)(H,31,37). The molecular formula is C29H37N7O4. The molecule has 2 N–H and O–H groups in total. The molecule has 2 aliphatic rings. The van der Waals surface area contributed by atoms with Crippen molar-refractivity contribution in [1.29, 1.82) is 0 Å². The zero-order valence-electron chi connectivity index (χ0n) is 23.6. The SMILES string of the molecule is COc1ccc(N2CCN(C)CC2)c2[nH]c(C(=O)Nc3ccc(N4CCN(C(=O)N(C)C)CC4)cc3)cc(=O)c12. The number of aromatic amines is 1. The first-order valence-electron chi connectivity index (χ1n) is 13.6. The van der Waals surface area contributed by atoms with Crippen molar-refractivity contribution in [3.05, 3.63) is 58.4 Å². The van der Waals surface area contributed by atoms with Crippen molar-refractivity contribution in [3.63, 3.8) is 0 Å². The monoisotopic (exact) mass is 547 g/mol. The van der Waals surface area contributed by atoms with Gasteiger partial charge in [0.2, 0.25) is 0 Å². The number of urea groups is 1. The molecule has 0 bridgehead atoms. The number of carbonyl (C=O) groups excluding carboxylic acids is 2. The molecule has 0 atom stereocenters. The number of ether oxygens (including phenoxy) is 1. The van der Waals surface area contributed by atoms with Gasteiger partial charge in [0.25, 0.3) is 5.91 Å². The van der Waals surface area contributed by atoms with Crippen LogP contribution in [0.1, 0.15) is 10.5 Å². The van der Waals surface area contributed by atoms with Crippen LogP contribution in [0.15, 0.2) is 47.3 Å². The van der Waals surface area contributed by atoms with Crippen LogP contribution in [0.5, 0.6) is 5.75 Å². The number of rotatable bonds is 5. The average molecular weight is 548 g/mol. The number of anilines is 3. The van der Waals surface area contributed by atoms with Crippen LogP contribution in [-0.4, -0.2) is 112 Å². The van der Waals surface area contributed by atoms with E-state index in [9.17, 15) is 14.4 Å². The maximum atomic E-state index is 13.3. The third kappa shape index (κ3) is 5.55. The number of hydrogen-bond acceptors (Lipinski definition) is 7. The number of piperazine rings is 2. The summed E-state index contributed by atoms with van der Waals surface area (Å²) in [5.41, 5.74) is 3.05. The van der Waals surface area contributed by atoms with Crippen LogP contribution < -0.4 is 25.3 Å². The van der Waals surface area contributed by atoms with E-state index < -0.39 is 5.91 Å². The van der Waals surface area contributed by atoms with Crippen molar-refractivity contribution in [2.45, 2.75) is 0 Å². The quantitative estimate of drug-likeness (QED) is 0.505. The fourth-order valence-electron chi connectivity index (χ4n) is 5.31. The van der Waals surface area contributed by atoms with Gasteiger partial charge in [-0.2, -0.15) is 0 Å². The Kier molecular flexibility index (Phi) is 7.83. The Hall–Kier alpha value is -4.25. The molecule has 3 aromatic rings. The maximum Gasteiger partial charge on any atom is 0.319 e. The largest absolute Gasteiger partial charge is 0.496 e. The summed E-state index contributed by atoms with van der Waals surface area (Å²) in [6, 6.07) is 12.7. The van der Waals surface area contributed by atoms with Crippen molar-refractivity contribution in [1.82, 2.24) is 19.7 Å². The molecule has 0 aliphatic carbocycles. The molecule has 0 unspecified atom stereocenters. The molecule has 3 heterocycles. The highest BCUT2D eigenvalue weighted by Crippen LogP contribution is 2.31. The van der Waals surface area contributed by atoms with Crippen LogP contribution in [0.3, 0.4) is 0 Å². The summed E-state index contributed by atoms with van der Waals surface area (Å²) in [4.78, 5) is 52.1. The van der Waals surface area contributed by atoms with Crippen LogP contribution in [0.25, 0.3) is 10.9 Å². The van der Waals surface area contributed by atoms with Gasteiger partial charge in [0.1, 0.15) is 11.4 Å². The van der Waals surface area contributed by atoms with E-state index in [0.29, 0.717) is 35.4 Å². The molecule has 5 rings (SSSR count). The van der Waals surface area contributed by atoms with E-state index in [0.717, 1.165) is 50.6 Å². The lowest BCUT2D eigenvalue weighted by molar-refractivity contribution is 0.102. The smallest absolute Gasteiger partial charge is 0.319 e. The molecule has 2 saturated heterocycles. The first kappa shape index (κ1) is 27.3. The maximum absolute atomic E-state index is 13.3. The molecule has 2 fully saturated rings. The van der Waals surface area contributed by atoms with Gasteiger partial charge in [-0.05, 0) is 43.4 Å². The highest BCUT2D eigenvalue weighted by Gasteiger charge is 2.23. The fourth-order valence-corrected chi connectivity index (χ4v) is 5.31. The third-order valence-electron chi connectivity index (χ3n) is 7.66. The second-order valence-electron chi connectivity index (χ2n) is 10.5. The summed E-state index contributed by atoms with van der Waals surface area (Å²) in [5.74, 6) is 0.0818. The number of likely N-dealkylation sites (N-methyl/N-ethyl adjacent to an activating group) is 1. The van der Waals surface area contributed by atoms with Crippen LogP contribution in [0, 0.1) is 0 Å². The van der Waals surface area contributed by atoms with Crippen LogP contribution in [0.4, 0.5) is 21.9 Å². The molecular weight excluding hydrogens is 510 g/mol. The van der Waals surface area contributed by atoms with Gasteiger partial charge in [-0.15, -0.1) is 0 Å². The minimum absolute atomic E-state index is 0.0264. The highest BCUT2D eigenvalue weighted by molar-refractivity contribution is 6.05. The minimum atomic E-state index is -0.394. The molecule has 1 aromatic heterocycles. The number of methoxy groups -OCH3 is 1. The Balaban J connectivity index is 1.33. The summed E-state index contributed by atoms with van der Waals surface area (Å²) in [6.07, 6.45) is 0. The molecule has 11 nitrogen and oxygen atoms in total. The number of carbonyl (C=O) groups is 2. The van der Waals surface area contributed by atoms with Crippen molar-refractivity contribution < 1.29 is 14.3 Å². The Labute approximate surface area is 233 Å². The number of amides is 3. The molecule has 2 aliphatic heterocycles. The van der Waals surface area contributed by atoms with Gasteiger partial charge >= 0.3 is 6.03 Å². The molecule has 40 heavy (non-hydrogen) atoms. The van der Waals surface area contributed by atoms with Crippen molar-refractivity contribution in [3.8, 4) is 5.75 Å². The summed E-state index contributed by atoms with van der Waals surface area (Å²) in [6.45, 7) is 6.27. The van der Waals surface area contributed by atoms with Crippen LogP contribution >= 0.6 is 0 Å². The summed E-state index contributed by atoms with van der Waals surface area (Å²) in [7, 11) is 7.16. The fraction of sp³-hybridized carbons (Fsp3) is 0.414. The lowest BCUT2D eigenvalue weighted by Gasteiger charge is -2.37. The number of nitrogens with zero attached hydrogens (tertiary/aromatic N) is 5. The molecule has 11 heteroatoms. The number of pyridine rings is 1. The lowest BCUT2D eigenvalue weighted by Crippen LogP contribution is -2.51. The topological polar surface area (TPSA) is 104 Å². The number of aromatic nitrogens is 1. The molecule has 3 amide bonds. The van der Waals surface area contributed by atoms with Crippen molar-refractivity contribution >= 4 is 39.9 Å². The Bertz CT molecular complexity index is 1440. The van der Waals surface area contributed by atoms with E-state index in [-0.39, 0.29) is 17.2 Å². The first-order chi connectivity index (χ1) is 19.2. The van der Waals surface area contributed by atoms with Crippen molar-refractivity contribution in [2.75, 3.05) is 95.7 Å². The number of benzene rings is 2. The van der Waals surface area contributed by atoms with Gasteiger partial charge in [-0.1, -0.05) is 0 Å². The minimum Gasteiger partial charge on any atom is -0.496 e. The van der Waals surface area contributed by atoms with Gasteiger partial charge in [-0.3, -0.25) is 9.59 Å². The predicted octanol–water partition coefficient (Wildman–Crippen LogP) is 2.34. The van der Waals surface area contributed by atoms with E-state index in [2.05, 4.69) is 32.0 Å². The number of H-pyrrole nitrogens is 1. The molecule has 0 spiro atoms. The van der Waals surface area contributed by atoms with E-state index >= 15 is 0 Å². The van der Waals surface area contributed by atoms with Crippen LogP contribution in [-0.2, 0) is 0 Å². The number of nitrogens with one attached hydrogen (secondary N) is 2. The average Bonchev–Trinajstić information content (AvgIpc) is 2.97. The Morgan fingerprint density at radius 3 is 2.17 bits per heavy atom. The van der Waals surface area contributed by atoms with Crippen LogP contribution in [0.2, 0.25) is 0 Å².